The highest BCUT2D eigenvalue weighted by molar-refractivity contribution is 8.00. The molecule has 0 aromatic rings. The Morgan fingerprint density at radius 2 is 1.92 bits per heavy atom. The molecule has 0 amide bonds. The Balaban J connectivity index is 1.93. The Hall–Kier alpha value is 0.310. The van der Waals surface area contributed by atoms with Crippen LogP contribution in [0, 0.1) is 11.8 Å². The molecule has 1 aliphatic carbocycles. The molecule has 2 aliphatic rings. The third kappa shape index (κ3) is 1.64. The molecule has 0 aromatic carbocycles. The van der Waals surface area contributed by atoms with E-state index >= 15 is 0 Å². The Labute approximate surface area is 79.7 Å². The molecule has 1 saturated carbocycles. The minimum atomic E-state index is 0.726. The molecule has 70 valence electrons. The lowest BCUT2D eigenvalue weighted by atomic mass is 10.1. The zero-order chi connectivity index (χ0) is 8.72. The number of thioether (sulfide) groups is 1. The molecule has 1 saturated heterocycles. The van der Waals surface area contributed by atoms with Gasteiger partial charge in [0.15, 0.2) is 0 Å². The zero-order valence-electron chi connectivity index (χ0n) is 8.21. The molecule has 0 bridgehead atoms. The second-order valence-electron chi connectivity index (χ2n) is 4.51. The second kappa shape index (κ2) is 3.22. The standard InChI is InChI=1S/C10H19NS/c1-6-4-9(6)10-8(3)12-5-7(2)11-10/h6-11H,4-5H2,1-3H3. The lowest BCUT2D eigenvalue weighted by Crippen LogP contribution is -2.49. The van der Waals surface area contributed by atoms with Crippen LogP contribution in [0.25, 0.3) is 0 Å². The SMILES string of the molecule is CC1CSC(C)C(C2CC2C)N1. The predicted molar refractivity (Wildman–Crippen MR) is 55.6 cm³/mol. The van der Waals surface area contributed by atoms with Crippen LogP contribution in [0.2, 0.25) is 0 Å². The highest BCUT2D eigenvalue weighted by Gasteiger charge is 2.43. The normalized spacial score (nSPS) is 53.8. The summed E-state index contributed by atoms with van der Waals surface area (Å²) >= 11 is 2.14. The van der Waals surface area contributed by atoms with Crippen molar-refractivity contribution in [3.8, 4) is 0 Å². The van der Waals surface area contributed by atoms with Crippen molar-refractivity contribution in [1.82, 2.24) is 5.32 Å². The van der Waals surface area contributed by atoms with Gasteiger partial charge in [-0.15, -0.1) is 0 Å². The molecular formula is C10H19NS. The average molecular weight is 185 g/mol. The maximum atomic E-state index is 3.74. The van der Waals surface area contributed by atoms with Crippen LogP contribution in [0.1, 0.15) is 27.2 Å². The predicted octanol–water partition coefficient (Wildman–Crippen LogP) is 2.12. The number of hydrogen-bond donors (Lipinski definition) is 1. The molecule has 12 heavy (non-hydrogen) atoms. The first kappa shape index (κ1) is 8.89. The summed E-state index contributed by atoms with van der Waals surface area (Å²) in [6.07, 6.45) is 1.45. The fraction of sp³-hybridized carbons (Fsp3) is 1.00. The molecule has 2 rings (SSSR count). The summed E-state index contributed by atoms with van der Waals surface area (Å²) in [6, 6.07) is 1.53. The summed E-state index contributed by atoms with van der Waals surface area (Å²) in [5, 5.41) is 4.57. The molecule has 1 nitrogen and oxygen atoms in total. The third-order valence-corrected chi connectivity index (χ3v) is 4.74. The maximum Gasteiger partial charge on any atom is 0.0217 e. The summed E-state index contributed by atoms with van der Waals surface area (Å²) in [5.41, 5.74) is 0. The average Bonchev–Trinajstić information content (AvgIpc) is 2.73. The van der Waals surface area contributed by atoms with Gasteiger partial charge < -0.3 is 5.32 Å². The van der Waals surface area contributed by atoms with Crippen LogP contribution in [0.5, 0.6) is 0 Å². The van der Waals surface area contributed by atoms with Gasteiger partial charge >= 0.3 is 0 Å². The second-order valence-corrected chi connectivity index (χ2v) is 5.92. The fourth-order valence-corrected chi connectivity index (χ4v) is 3.41. The van der Waals surface area contributed by atoms with Gasteiger partial charge in [0, 0.05) is 23.1 Å². The van der Waals surface area contributed by atoms with Gasteiger partial charge in [0.25, 0.3) is 0 Å². The summed E-state index contributed by atoms with van der Waals surface area (Å²) in [4.78, 5) is 0. The third-order valence-electron chi connectivity index (χ3n) is 3.22. The van der Waals surface area contributed by atoms with Gasteiger partial charge in [-0.25, -0.2) is 0 Å². The van der Waals surface area contributed by atoms with Gasteiger partial charge in [-0.1, -0.05) is 13.8 Å². The summed E-state index contributed by atoms with van der Waals surface area (Å²) in [6.45, 7) is 7.06. The van der Waals surface area contributed by atoms with Crippen molar-refractivity contribution in [3.63, 3.8) is 0 Å². The highest BCUT2D eigenvalue weighted by atomic mass is 32.2. The van der Waals surface area contributed by atoms with Gasteiger partial charge in [0.1, 0.15) is 0 Å². The van der Waals surface area contributed by atoms with Crippen LogP contribution >= 0.6 is 11.8 Å². The van der Waals surface area contributed by atoms with E-state index in [2.05, 4.69) is 37.8 Å². The smallest absolute Gasteiger partial charge is 0.0217 e. The van der Waals surface area contributed by atoms with E-state index < -0.39 is 0 Å². The van der Waals surface area contributed by atoms with Gasteiger partial charge in [-0.05, 0) is 25.2 Å². The minimum Gasteiger partial charge on any atom is -0.309 e. The highest BCUT2D eigenvalue weighted by Crippen LogP contribution is 2.44. The Kier molecular flexibility index (Phi) is 2.39. The fourth-order valence-electron chi connectivity index (χ4n) is 2.23. The van der Waals surface area contributed by atoms with Gasteiger partial charge in [0.05, 0.1) is 0 Å². The molecule has 5 atom stereocenters. The molecule has 0 aromatic heterocycles. The molecule has 1 N–H and O–H groups in total. The van der Waals surface area contributed by atoms with Crippen molar-refractivity contribution in [2.45, 2.75) is 44.5 Å². The molecule has 2 heteroatoms. The van der Waals surface area contributed by atoms with Gasteiger partial charge in [-0.2, -0.15) is 11.8 Å². The van der Waals surface area contributed by atoms with Crippen LogP contribution in [0.4, 0.5) is 0 Å². The van der Waals surface area contributed by atoms with Crippen molar-refractivity contribution in [3.05, 3.63) is 0 Å². The molecule has 5 unspecified atom stereocenters. The van der Waals surface area contributed by atoms with E-state index in [1.807, 2.05) is 0 Å². The lowest BCUT2D eigenvalue weighted by Gasteiger charge is -2.34. The molecule has 2 fully saturated rings. The van der Waals surface area contributed by atoms with E-state index in [0.717, 1.165) is 29.2 Å². The van der Waals surface area contributed by atoms with Crippen molar-refractivity contribution >= 4 is 11.8 Å². The van der Waals surface area contributed by atoms with E-state index in [1.54, 1.807) is 0 Å². The first-order valence-electron chi connectivity index (χ1n) is 5.06. The van der Waals surface area contributed by atoms with Crippen LogP contribution in [-0.2, 0) is 0 Å². The Bertz CT molecular complexity index is 169. The van der Waals surface area contributed by atoms with Gasteiger partial charge in [0.2, 0.25) is 0 Å². The summed E-state index contributed by atoms with van der Waals surface area (Å²) in [7, 11) is 0. The van der Waals surface area contributed by atoms with Crippen LogP contribution < -0.4 is 5.32 Å². The van der Waals surface area contributed by atoms with Crippen LogP contribution in [0.3, 0.4) is 0 Å². The first-order chi connectivity index (χ1) is 5.68. The van der Waals surface area contributed by atoms with E-state index in [9.17, 15) is 0 Å². The monoisotopic (exact) mass is 185 g/mol. The number of rotatable bonds is 1. The van der Waals surface area contributed by atoms with Crippen molar-refractivity contribution in [2.75, 3.05) is 5.75 Å². The molecule has 1 heterocycles. The number of hydrogen-bond acceptors (Lipinski definition) is 2. The largest absolute Gasteiger partial charge is 0.309 e. The summed E-state index contributed by atoms with van der Waals surface area (Å²) in [5.74, 6) is 3.25. The van der Waals surface area contributed by atoms with E-state index in [-0.39, 0.29) is 0 Å². The molecule has 0 spiro atoms. The Morgan fingerprint density at radius 1 is 1.25 bits per heavy atom. The molecule has 1 aliphatic heterocycles. The summed E-state index contributed by atoms with van der Waals surface area (Å²) < 4.78 is 0. The first-order valence-corrected chi connectivity index (χ1v) is 6.11. The quantitative estimate of drug-likeness (QED) is 0.671. The zero-order valence-corrected chi connectivity index (χ0v) is 9.03. The van der Waals surface area contributed by atoms with Crippen molar-refractivity contribution in [2.24, 2.45) is 11.8 Å². The molecule has 0 radical (unpaired) electrons. The van der Waals surface area contributed by atoms with Gasteiger partial charge in [-0.3, -0.25) is 0 Å². The Morgan fingerprint density at radius 3 is 2.50 bits per heavy atom. The van der Waals surface area contributed by atoms with Crippen molar-refractivity contribution in [1.29, 1.82) is 0 Å². The molecular weight excluding hydrogens is 166 g/mol. The topological polar surface area (TPSA) is 12.0 Å². The van der Waals surface area contributed by atoms with E-state index in [1.165, 1.54) is 12.2 Å². The van der Waals surface area contributed by atoms with Crippen LogP contribution in [0.15, 0.2) is 0 Å². The van der Waals surface area contributed by atoms with Crippen molar-refractivity contribution < 1.29 is 0 Å². The van der Waals surface area contributed by atoms with Crippen LogP contribution in [-0.4, -0.2) is 23.1 Å². The maximum absolute atomic E-state index is 3.74. The number of nitrogens with one attached hydrogen (secondary N) is 1. The van der Waals surface area contributed by atoms with E-state index in [0.29, 0.717) is 0 Å². The lowest BCUT2D eigenvalue weighted by molar-refractivity contribution is 0.397. The van der Waals surface area contributed by atoms with E-state index in [4.69, 9.17) is 0 Å². The minimum absolute atomic E-state index is 0.726.